The van der Waals surface area contributed by atoms with Crippen molar-refractivity contribution in [2.24, 2.45) is 5.16 Å². The lowest BCUT2D eigenvalue weighted by atomic mass is 10.0. The molecule has 3 nitrogen and oxygen atoms in total. The van der Waals surface area contributed by atoms with Crippen LogP contribution in [0.3, 0.4) is 0 Å². The Hall–Kier alpha value is -2.99. The topological polar surface area (TPSA) is 30.8 Å². The van der Waals surface area contributed by atoms with Gasteiger partial charge in [-0.2, -0.15) is 13.2 Å². The molecule has 0 amide bonds. The third-order valence-corrected chi connectivity index (χ3v) is 4.22. The molecule has 0 saturated heterocycles. The zero-order chi connectivity index (χ0) is 20.9. The number of hydrogen-bond donors (Lipinski definition) is 0. The summed E-state index contributed by atoms with van der Waals surface area (Å²) in [6.45, 7) is 1.51. The standard InChI is InChI=1S/C22H17ClF3NO2/c1-15(20-13-17(23)10-11-21(20)22(24,25)26)27-28-14-16-6-5-9-19(12-16)29-18-7-3-2-4-8-18/h2-13H,14H2,1H3. The van der Waals surface area contributed by atoms with Crippen LogP contribution in [0.1, 0.15) is 23.6 Å². The minimum Gasteiger partial charge on any atom is -0.457 e. The molecule has 7 heteroatoms. The van der Waals surface area contributed by atoms with Gasteiger partial charge in [0.25, 0.3) is 0 Å². The van der Waals surface area contributed by atoms with Crippen molar-refractivity contribution in [3.63, 3.8) is 0 Å². The fourth-order valence-corrected chi connectivity index (χ4v) is 2.81. The van der Waals surface area contributed by atoms with Gasteiger partial charge < -0.3 is 9.57 Å². The minimum absolute atomic E-state index is 0.0746. The summed E-state index contributed by atoms with van der Waals surface area (Å²) in [5.74, 6) is 1.31. The average molecular weight is 420 g/mol. The van der Waals surface area contributed by atoms with Gasteiger partial charge in [-0.05, 0) is 55.0 Å². The Kier molecular flexibility index (Phi) is 6.44. The van der Waals surface area contributed by atoms with Crippen LogP contribution < -0.4 is 4.74 Å². The van der Waals surface area contributed by atoms with E-state index < -0.39 is 11.7 Å². The summed E-state index contributed by atoms with van der Waals surface area (Å²) in [6, 6.07) is 19.8. The molecule has 3 rings (SSSR count). The molecule has 0 aliphatic carbocycles. The third kappa shape index (κ3) is 5.74. The monoisotopic (exact) mass is 419 g/mol. The zero-order valence-corrected chi connectivity index (χ0v) is 16.2. The van der Waals surface area contributed by atoms with E-state index in [1.165, 1.54) is 19.1 Å². The van der Waals surface area contributed by atoms with Crippen LogP contribution in [0, 0.1) is 0 Å². The smallest absolute Gasteiger partial charge is 0.417 e. The molecule has 150 valence electrons. The first-order chi connectivity index (χ1) is 13.8. The normalized spacial score (nSPS) is 12.0. The van der Waals surface area contributed by atoms with Crippen LogP contribution in [0.4, 0.5) is 13.2 Å². The fraction of sp³-hybridized carbons (Fsp3) is 0.136. The van der Waals surface area contributed by atoms with E-state index in [1.54, 1.807) is 18.2 Å². The Morgan fingerprint density at radius 1 is 0.931 bits per heavy atom. The molecule has 0 aliphatic rings. The van der Waals surface area contributed by atoms with Gasteiger partial charge in [-0.1, -0.05) is 47.1 Å². The molecule has 0 unspecified atom stereocenters. The second-order valence-electron chi connectivity index (χ2n) is 6.20. The van der Waals surface area contributed by atoms with Gasteiger partial charge in [0, 0.05) is 10.6 Å². The van der Waals surface area contributed by atoms with Gasteiger partial charge in [-0.3, -0.25) is 0 Å². The number of oxime groups is 1. The van der Waals surface area contributed by atoms with Gasteiger partial charge in [0.1, 0.15) is 18.1 Å². The lowest BCUT2D eigenvalue weighted by Crippen LogP contribution is -2.12. The van der Waals surface area contributed by atoms with Gasteiger partial charge in [-0.25, -0.2) is 0 Å². The number of rotatable bonds is 6. The largest absolute Gasteiger partial charge is 0.457 e. The van der Waals surface area contributed by atoms with E-state index in [4.69, 9.17) is 21.2 Å². The second-order valence-corrected chi connectivity index (χ2v) is 6.64. The molecule has 0 aliphatic heterocycles. The van der Waals surface area contributed by atoms with Crippen LogP contribution in [0.15, 0.2) is 78.0 Å². The lowest BCUT2D eigenvalue weighted by molar-refractivity contribution is -0.137. The molecule has 29 heavy (non-hydrogen) atoms. The summed E-state index contributed by atoms with van der Waals surface area (Å²) < 4.78 is 45.3. The van der Waals surface area contributed by atoms with Gasteiger partial charge in [-0.15, -0.1) is 0 Å². The van der Waals surface area contributed by atoms with Crippen LogP contribution in [0.5, 0.6) is 11.5 Å². The summed E-state index contributed by atoms with van der Waals surface area (Å²) in [7, 11) is 0. The Balaban J connectivity index is 1.70. The summed E-state index contributed by atoms with van der Waals surface area (Å²) in [4.78, 5) is 5.27. The predicted octanol–water partition coefficient (Wildman–Crippen LogP) is 7.09. The van der Waals surface area contributed by atoms with Gasteiger partial charge in [0.15, 0.2) is 0 Å². The molecule has 0 bridgehead atoms. The van der Waals surface area contributed by atoms with Crippen LogP contribution in [-0.2, 0) is 17.6 Å². The summed E-state index contributed by atoms with van der Waals surface area (Å²) >= 11 is 5.85. The lowest BCUT2D eigenvalue weighted by Gasteiger charge is -2.13. The number of nitrogens with zero attached hydrogens (tertiary/aromatic N) is 1. The second kappa shape index (κ2) is 9.01. The first-order valence-corrected chi connectivity index (χ1v) is 9.06. The van der Waals surface area contributed by atoms with Gasteiger partial charge in [0.2, 0.25) is 0 Å². The maximum atomic E-state index is 13.2. The quantitative estimate of drug-likeness (QED) is 0.315. The molecule has 0 atom stereocenters. The first-order valence-electron chi connectivity index (χ1n) is 8.68. The molecule has 0 spiro atoms. The molecular formula is C22H17ClF3NO2. The van der Waals surface area contributed by atoms with Crippen molar-refractivity contribution < 1.29 is 22.7 Å². The maximum Gasteiger partial charge on any atom is 0.417 e. The molecule has 0 saturated carbocycles. The summed E-state index contributed by atoms with van der Waals surface area (Å²) in [6.07, 6.45) is -4.51. The Bertz CT molecular complexity index is 1000. The highest BCUT2D eigenvalue weighted by molar-refractivity contribution is 6.31. The highest BCUT2D eigenvalue weighted by Gasteiger charge is 2.34. The molecule has 0 N–H and O–H groups in total. The van der Waals surface area contributed by atoms with Crippen LogP contribution >= 0.6 is 11.6 Å². The fourth-order valence-electron chi connectivity index (χ4n) is 2.64. The van der Waals surface area contributed by atoms with Crippen molar-refractivity contribution in [3.8, 4) is 11.5 Å². The van der Waals surface area contributed by atoms with E-state index in [9.17, 15) is 13.2 Å². The number of ether oxygens (including phenoxy) is 1. The van der Waals surface area contributed by atoms with Crippen molar-refractivity contribution in [2.45, 2.75) is 19.7 Å². The van der Waals surface area contributed by atoms with Gasteiger partial charge in [0.05, 0.1) is 11.3 Å². The molecule has 3 aromatic carbocycles. The molecule has 3 aromatic rings. The molecule has 0 fully saturated rings. The Morgan fingerprint density at radius 3 is 2.38 bits per heavy atom. The molecule has 0 aromatic heterocycles. The number of para-hydroxylation sites is 1. The van der Waals surface area contributed by atoms with Crippen molar-refractivity contribution in [1.29, 1.82) is 0 Å². The van der Waals surface area contributed by atoms with Crippen molar-refractivity contribution in [3.05, 3.63) is 94.5 Å². The van der Waals surface area contributed by atoms with E-state index in [-0.39, 0.29) is 22.9 Å². The number of benzene rings is 3. The number of alkyl halides is 3. The van der Waals surface area contributed by atoms with Crippen molar-refractivity contribution in [2.75, 3.05) is 0 Å². The van der Waals surface area contributed by atoms with E-state index in [0.29, 0.717) is 11.5 Å². The average Bonchev–Trinajstić information content (AvgIpc) is 2.68. The van der Waals surface area contributed by atoms with Crippen molar-refractivity contribution in [1.82, 2.24) is 0 Å². The number of halogens is 4. The van der Waals surface area contributed by atoms with Gasteiger partial charge >= 0.3 is 6.18 Å². The number of hydrogen-bond acceptors (Lipinski definition) is 3. The van der Waals surface area contributed by atoms with Crippen LogP contribution in [0.2, 0.25) is 5.02 Å². The van der Waals surface area contributed by atoms with Crippen LogP contribution in [0.25, 0.3) is 0 Å². The van der Waals surface area contributed by atoms with Crippen molar-refractivity contribution >= 4 is 17.3 Å². The first kappa shape index (κ1) is 20.7. The maximum absolute atomic E-state index is 13.2. The summed E-state index contributed by atoms with van der Waals surface area (Å²) in [5.41, 5.74) is -0.0928. The summed E-state index contributed by atoms with van der Waals surface area (Å²) in [5, 5.41) is 4.02. The zero-order valence-electron chi connectivity index (χ0n) is 15.4. The van der Waals surface area contributed by atoms with E-state index in [0.717, 1.165) is 11.6 Å². The molecular weight excluding hydrogens is 403 g/mol. The van der Waals surface area contributed by atoms with E-state index in [2.05, 4.69) is 5.16 Å². The Morgan fingerprint density at radius 2 is 1.66 bits per heavy atom. The molecule has 0 radical (unpaired) electrons. The highest BCUT2D eigenvalue weighted by Crippen LogP contribution is 2.33. The molecule has 0 heterocycles. The van der Waals surface area contributed by atoms with E-state index >= 15 is 0 Å². The third-order valence-electron chi connectivity index (χ3n) is 3.99. The predicted molar refractivity (Wildman–Crippen MR) is 106 cm³/mol. The van der Waals surface area contributed by atoms with E-state index in [1.807, 2.05) is 36.4 Å². The highest BCUT2D eigenvalue weighted by atomic mass is 35.5. The minimum atomic E-state index is -4.51. The van der Waals surface area contributed by atoms with Crippen LogP contribution in [-0.4, -0.2) is 5.71 Å². The SMILES string of the molecule is CC(=NOCc1cccc(Oc2ccccc2)c1)c1cc(Cl)ccc1C(F)(F)F. The Labute approximate surface area is 171 Å².